The van der Waals surface area contributed by atoms with Crippen molar-refractivity contribution < 1.29 is 0 Å². The van der Waals surface area contributed by atoms with Crippen LogP contribution in [0, 0.1) is 0 Å². The van der Waals surface area contributed by atoms with Gasteiger partial charge in [-0.1, -0.05) is 133 Å². The van der Waals surface area contributed by atoms with Crippen LogP contribution in [0.15, 0.2) is 127 Å². The maximum Gasteiger partial charge on any atom is 0.172 e. The van der Waals surface area contributed by atoms with Crippen LogP contribution in [0.25, 0.3) is 6.08 Å². The third kappa shape index (κ3) is 3.55. The summed E-state index contributed by atoms with van der Waals surface area (Å²) in [5, 5.41) is 4.19. The van der Waals surface area contributed by atoms with E-state index < -0.39 is 8.07 Å². The third-order valence-corrected chi connectivity index (χ3v) is 9.41. The maximum absolute atomic E-state index is 2.47. The number of hydrogen-bond donors (Lipinski definition) is 0. The molecule has 130 valence electrons. The van der Waals surface area contributed by atoms with Crippen molar-refractivity contribution >= 4 is 29.7 Å². The Morgan fingerprint density at radius 2 is 0.741 bits per heavy atom. The van der Waals surface area contributed by atoms with Gasteiger partial charge >= 0.3 is 0 Å². The molecule has 0 saturated heterocycles. The lowest BCUT2D eigenvalue weighted by Crippen LogP contribution is -2.66. The van der Waals surface area contributed by atoms with Gasteiger partial charge in [-0.25, -0.2) is 0 Å². The number of benzene rings is 4. The van der Waals surface area contributed by atoms with E-state index in [2.05, 4.69) is 133 Å². The molecule has 0 fully saturated rings. The standard InChI is InChI=1S/C26H22Si/c1-5-13-23(14-6-1)21-22-27(24-15-7-2-8-16-24,25-17-9-3-10-18-25)26-19-11-4-12-20-26/h1-22H/b22-21-. The minimum atomic E-state index is -2.29. The normalized spacial score (nSPS) is 11.6. The lowest BCUT2D eigenvalue weighted by Gasteiger charge is -2.30. The first-order chi connectivity index (χ1) is 13.4. The molecule has 0 heterocycles. The Kier molecular flexibility index (Phi) is 5.13. The minimum Gasteiger partial charge on any atom is -0.0812 e. The molecule has 0 unspecified atom stereocenters. The fourth-order valence-electron chi connectivity index (χ4n) is 3.68. The van der Waals surface area contributed by atoms with Gasteiger partial charge in [-0.05, 0) is 21.1 Å². The van der Waals surface area contributed by atoms with Gasteiger partial charge in [-0.2, -0.15) is 0 Å². The van der Waals surface area contributed by atoms with Gasteiger partial charge in [0.15, 0.2) is 8.07 Å². The zero-order valence-corrected chi connectivity index (χ0v) is 16.2. The molecule has 0 N–H and O–H groups in total. The van der Waals surface area contributed by atoms with Crippen molar-refractivity contribution in [2.24, 2.45) is 0 Å². The van der Waals surface area contributed by atoms with E-state index in [0.29, 0.717) is 0 Å². The van der Waals surface area contributed by atoms with E-state index in [9.17, 15) is 0 Å². The van der Waals surface area contributed by atoms with Gasteiger partial charge < -0.3 is 0 Å². The van der Waals surface area contributed by atoms with Gasteiger partial charge in [-0.15, -0.1) is 0 Å². The molecule has 0 atom stereocenters. The van der Waals surface area contributed by atoms with Crippen molar-refractivity contribution in [2.45, 2.75) is 0 Å². The molecule has 4 rings (SSSR count). The molecule has 0 aromatic heterocycles. The van der Waals surface area contributed by atoms with E-state index in [4.69, 9.17) is 0 Å². The number of hydrogen-bond acceptors (Lipinski definition) is 0. The molecule has 0 aliphatic heterocycles. The summed E-state index contributed by atoms with van der Waals surface area (Å²) in [4.78, 5) is 0. The molecule has 4 aromatic rings. The van der Waals surface area contributed by atoms with Crippen LogP contribution in [0.5, 0.6) is 0 Å². The summed E-state index contributed by atoms with van der Waals surface area (Å²) in [7, 11) is -2.29. The molecule has 0 aliphatic rings. The summed E-state index contributed by atoms with van der Waals surface area (Å²) in [6.07, 6.45) is 2.29. The van der Waals surface area contributed by atoms with Crippen molar-refractivity contribution in [3.8, 4) is 0 Å². The molecule has 0 nitrogen and oxygen atoms in total. The van der Waals surface area contributed by atoms with Gasteiger partial charge in [0.2, 0.25) is 0 Å². The fraction of sp³-hybridized carbons (Fsp3) is 0. The van der Waals surface area contributed by atoms with Crippen LogP contribution in [0.4, 0.5) is 0 Å². The van der Waals surface area contributed by atoms with E-state index in [1.54, 1.807) is 0 Å². The molecule has 0 saturated carbocycles. The monoisotopic (exact) mass is 362 g/mol. The van der Waals surface area contributed by atoms with E-state index in [1.165, 1.54) is 21.1 Å². The van der Waals surface area contributed by atoms with Crippen LogP contribution in [0.3, 0.4) is 0 Å². The molecule has 4 aromatic carbocycles. The second kappa shape index (κ2) is 8.03. The Hall–Kier alpha value is -3.16. The van der Waals surface area contributed by atoms with Crippen molar-refractivity contribution in [3.05, 3.63) is 133 Å². The molecule has 0 aliphatic carbocycles. The lowest BCUT2D eigenvalue weighted by atomic mass is 10.2. The van der Waals surface area contributed by atoms with Crippen molar-refractivity contribution in [1.82, 2.24) is 0 Å². The van der Waals surface area contributed by atoms with Gasteiger partial charge in [0.1, 0.15) is 0 Å². The summed E-state index contributed by atoms with van der Waals surface area (Å²) < 4.78 is 0. The summed E-state index contributed by atoms with van der Waals surface area (Å²) in [5.74, 6) is 0. The fourth-order valence-corrected chi connectivity index (χ4v) is 7.85. The minimum absolute atomic E-state index is 1.23. The molecular formula is C26H22Si. The molecule has 27 heavy (non-hydrogen) atoms. The second-order valence-corrected chi connectivity index (χ2v) is 10.3. The summed E-state index contributed by atoms with van der Waals surface area (Å²) in [5.41, 5.74) is 3.71. The van der Waals surface area contributed by atoms with E-state index >= 15 is 0 Å². The zero-order valence-electron chi connectivity index (χ0n) is 15.2. The average Bonchev–Trinajstić information content (AvgIpc) is 2.77. The Labute approximate surface area is 162 Å². The van der Waals surface area contributed by atoms with Gasteiger partial charge in [-0.3, -0.25) is 0 Å². The van der Waals surface area contributed by atoms with E-state index in [0.717, 1.165) is 0 Å². The second-order valence-electron chi connectivity index (χ2n) is 6.65. The van der Waals surface area contributed by atoms with Crippen molar-refractivity contribution in [2.75, 3.05) is 0 Å². The van der Waals surface area contributed by atoms with Crippen LogP contribution < -0.4 is 15.6 Å². The summed E-state index contributed by atoms with van der Waals surface area (Å²) >= 11 is 0. The molecule has 0 bridgehead atoms. The van der Waals surface area contributed by atoms with Crippen LogP contribution >= 0.6 is 0 Å². The van der Waals surface area contributed by atoms with Crippen LogP contribution in [0.1, 0.15) is 5.56 Å². The topological polar surface area (TPSA) is 0 Å². The van der Waals surface area contributed by atoms with Crippen LogP contribution in [-0.4, -0.2) is 8.07 Å². The predicted molar refractivity (Wildman–Crippen MR) is 119 cm³/mol. The third-order valence-electron chi connectivity index (χ3n) is 5.01. The van der Waals surface area contributed by atoms with E-state index in [-0.39, 0.29) is 0 Å². The highest BCUT2D eigenvalue weighted by Crippen LogP contribution is 2.12. The quantitative estimate of drug-likeness (QED) is 0.364. The SMILES string of the molecule is C(=C/[Si](c1ccccc1)(c1ccccc1)c1ccccc1)/c1ccccc1. The van der Waals surface area contributed by atoms with Gasteiger partial charge in [0.05, 0.1) is 0 Å². The Morgan fingerprint density at radius 3 is 1.11 bits per heavy atom. The highest BCUT2D eigenvalue weighted by atomic mass is 28.3. The summed E-state index contributed by atoms with van der Waals surface area (Å²) in [6, 6.07) is 43.5. The highest BCUT2D eigenvalue weighted by Gasteiger charge is 2.36. The van der Waals surface area contributed by atoms with E-state index in [1.807, 2.05) is 0 Å². The van der Waals surface area contributed by atoms with Crippen LogP contribution in [0.2, 0.25) is 0 Å². The Balaban J connectivity index is 1.99. The number of rotatable bonds is 5. The maximum atomic E-state index is 2.47. The first kappa shape index (κ1) is 17.3. The first-order valence-electron chi connectivity index (χ1n) is 9.30. The van der Waals surface area contributed by atoms with Crippen molar-refractivity contribution in [3.63, 3.8) is 0 Å². The summed E-state index contributed by atoms with van der Waals surface area (Å²) in [6.45, 7) is 0. The molecule has 0 spiro atoms. The lowest BCUT2D eigenvalue weighted by molar-refractivity contribution is 1.66. The van der Waals surface area contributed by atoms with Gasteiger partial charge in [0, 0.05) is 0 Å². The smallest absolute Gasteiger partial charge is 0.0812 e. The van der Waals surface area contributed by atoms with Gasteiger partial charge in [0.25, 0.3) is 0 Å². The highest BCUT2D eigenvalue weighted by molar-refractivity contribution is 7.15. The molecule has 0 radical (unpaired) electrons. The average molecular weight is 363 g/mol. The van der Waals surface area contributed by atoms with Crippen LogP contribution in [-0.2, 0) is 0 Å². The molecular weight excluding hydrogens is 340 g/mol. The predicted octanol–water partition coefficient (Wildman–Crippen LogP) is 4.41. The zero-order chi connectivity index (χ0) is 18.4. The molecule has 0 amide bonds. The first-order valence-corrected chi connectivity index (χ1v) is 11.4. The van der Waals surface area contributed by atoms with Crippen molar-refractivity contribution in [1.29, 1.82) is 0 Å². The Morgan fingerprint density at radius 1 is 0.407 bits per heavy atom. The molecule has 1 heteroatoms. The Bertz CT molecular complexity index is 894. The largest absolute Gasteiger partial charge is 0.172 e.